The van der Waals surface area contributed by atoms with Crippen LogP contribution < -0.4 is 4.74 Å². The topological polar surface area (TPSA) is 26.3 Å². The number of esters is 1. The van der Waals surface area contributed by atoms with Crippen LogP contribution >= 0.6 is 0 Å². The molecule has 4 aromatic rings. The van der Waals surface area contributed by atoms with Crippen molar-refractivity contribution in [3.8, 4) is 5.75 Å². The molecular formula is C30H24F2O2. The summed E-state index contributed by atoms with van der Waals surface area (Å²) in [4.78, 5) is 12.2. The molecule has 0 amide bonds. The van der Waals surface area contributed by atoms with Gasteiger partial charge in [0.1, 0.15) is 17.4 Å². The van der Waals surface area contributed by atoms with Crippen LogP contribution in [0.5, 0.6) is 5.75 Å². The zero-order chi connectivity index (χ0) is 23.9. The quantitative estimate of drug-likeness (QED) is 0.162. The first-order valence-electron chi connectivity index (χ1n) is 11.1. The van der Waals surface area contributed by atoms with Gasteiger partial charge in [-0.2, -0.15) is 0 Å². The summed E-state index contributed by atoms with van der Waals surface area (Å²) in [5, 5.41) is 0. The van der Waals surface area contributed by atoms with Gasteiger partial charge in [-0.05, 0) is 71.5 Å². The number of halogens is 2. The van der Waals surface area contributed by atoms with E-state index in [4.69, 9.17) is 4.74 Å². The van der Waals surface area contributed by atoms with Crippen molar-refractivity contribution >= 4 is 18.1 Å². The van der Waals surface area contributed by atoms with E-state index in [-0.39, 0.29) is 11.6 Å². The van der Waals surface area contributed by atoms with E-state index in [9.17, 15) is 13.6 Å². The first kappa shape index (κ1) is 23.1. The van der Waals surface area contributed by atoms with E-state index in [0.717, 1.165) is 17.5 Å². The van der Waals surface area contributed by atoms with Crippen LogP contribution in [0.2, 0.25) is 0 Å². The molecule has 0 bridgehead atoms. The fourth-order valence-corrected chi connectivity index (χ4v) is 3.67. The highest BCUT2D eigenvalue weighted by Crippen LogP contribution is 2.22. The second-order valence-electron chi connectivity index (χ2n) is 8.17. The maximum Gasteiger partial charge on any atom is 0.343 e. The molecule has 0 heterocycles. The maximum atomic E-state index is 14.7. The van der Waals surface area contributed by atoms with Crippen LogP contribution in [0.15, 0.2) is 97.1 Å². The lowest BCUT2D eigenvalue weighted by atomic mass is 9.93. The molecule has 0 aliphatic carbocycles. The van der Waals surface area contributed by atoms with Crippen LogP contribution in [0.25, 0.3) is 12.2 Å². The summed E-state index contributed by atoms with van der Waals surface area (Å²) in [6.45, 7) is 2.14. The monoisotopic (exact) mass is 454 g/mol. The normalized spacial score (nSPS) is 12.0. The summed E-state index contributed by atoms with van der Waals surface area (Å²) in [5.41, 5.74) is 3.87. The lowest BCUT2D eigenvalue weighted by Gasteiger charge is -2.12. The highest BCUT2D eigenvalue weighted by Gasteiger charge is 2.10. The molecule has 0 spiro atoms. The molecule has 2 nitrogen and oxygen atoms in total. The molecule has 0 fully saturated rings. The SMILES string of the molecule is C[C@H](Cc1ccc(C=Cc2ccc(C(=O)Oc3ccc(F)cc3)cc2)c(F)c1)c1ccccc1. The van der Waals surface area contributed by atoms with E-state index < -0.39 is 11.8 Å². The molecule has 0 unspecified atom stereocenters. The molecule has 4 aromatic carbocycles. The molecule has 0 saturated heterocycles. The van der Waals surface area contributed by atoms with Crippen molar-refractivity contribution in [1.29, 1.82) is 0 Å². The summed E-state index contributed by atoms with van der Waals surface area (Å²) < 4.78 is 32.9. The van der Waals surface area contributed by atoms with Gasteiger partial charge in [0.25, 0.3) is 0 Å². The summed E-state index contributed by atoms with van der Waals surface area (Å²) in [6.07, 6.45) is 4.27. The number of carbonyl (C=O) groups is 1. The van der Waals surface area contributed by atoms with Crippen LogP contribution in [-0.4, -0.2) is 5.97 Å². The van der Waals surface area contributed by atoms with E-state index in [1.54, 1.807) is 48.6 Å². The Hall–Kier alpha value is -4.05. The van der Waals surface area contributed by atoms with Gasteiger partial charge in [-0.15, -0.1) is 0 Å². The van der Waals surface area contributed by atoms with E-state index >= 15 is 0 Å². The molecule has 1 atom stereocenters. The minimum Gasteiger partial charge on any atom is -0.423 e. The second-order valence-corrected chi connectivity index (χ2v) is 8.17. The molecule has 4 rings (SSSR count). The molecule has 0 radical (unpaired) electrons. The summed E-state index contributed by atoms with van der Waals surface area (Å²) in [7, 11) is 0. The van der Waals surface area contributed by atoms with Crippen molar-refractivity contribution in [2.24, 2.45) is 0 Å². The largest absolute Gasteiger partial charge is 0.423 e. The number of ether oxygens (including phenoxy) is 1. The molecule has 4 heteroatoms. The molecule has 0 N–H and O–H groups in total. The van der Waals surface area contributed by atoms with Crippen LogP contribution in [0.3, 0.4) is 0 Å². The predicted octanol–water partition coefficient (Wildman–Crippen LogP) is 7.70. The van der Waals surface area contributed by atoms with E-state index in [1.807, 2.05) is 24.3 Å². The molecular weight excluding hydrogens is 430 g/mol. The minimum atomic E-state index is -0.534. The Kier molecular flexibility index (Phi) is 7.28. The molecule has 170 valence electrons. The highest BCUT2D eigenvalue weighted by molar-refractivity contribution is 5.91. The van der Waals surface area contributed by atoms with Crippen molar-refractivity contribution in [3.05, 3.63) is 137 Å². The van der Waals surface area contributed by atoms with Gasteiger partial charge in [0.2, 0.25) is 0 Å². The highest BCUT2D eigenvalue weighted by atomic mass is 19.1. The number of rotatable bonds is 7. The summed E-state index contributed by atoms with van der Waals surface area (Å²) in [5.74, 6) is -0.631. The lowest BCUT2D eigenvalue weighted by Crippen LogP contribution is -2.08. The van der Waals surface area contributed by atoms with Gasteiger partial charge in [-0.1, -0.05) is 73.7 Å². The Morgan fingerprint density at radius 1 is 0.853 bits per heavy atom. The van der Waals surface area contributed by atoms with Gasteiger partial charge in [0.05, 0.1) is 5.56 Å². The van der Waals surface area contributed by atoms with Gasteiger partial charge >= 0.3 is 5.97 Å². The summed E-state index contributed by atoms with van der Waals surface area (Å²) >= 11 is 0. The Balaban J connectivity index is 1.38. The fourth-order valence-electron chi connectivity index (χ4n) is 3.67. The molecule has 0 aliphatic rings. The van der Waals surface area contributed by atoms with Gasteiger partial charge in [-0.25, -0.2) is 13.6 Å². The van der Waals surface area contributed by atoms with Gasteiger partial charge in [-0.3, -0.25) is 0 Å². The first-order chi connectivity index (χ1) is 16.5. The number of benzene rings is 4. The summed E-state index contributed by atoms with van der Waals surface area (Å²) in [6, 6.07) is 27.6. The third-order valence-electron chi connectivity index (χ3n) is 5.60. The number of carbonyl (C=O) groups excluding carboxylic acids is 1. The molecule has 0 saturated carbocycles. The molecule has 0 aromatic heterocycles. The van der Waals surface area contributed by atoms with E-state index in [2.05, 4.69) is 19.1 Å². The second kappa shape index (κ2) is 10.7. The smallest absolute Gasteiger partial charge is 0.343 e. The van der Waals surface area contributed by atoms with Crippen LogP contribution in [-0.2, 0) is 6.42 Å². The lowest BCUT2D eigenvalue weighted by molar-refractivity contribution is 0.0734. The van der Waals surface area contributed by atoms with Crippen molar-refractivity contribution in [3.63, 3.8) is 0 Å². The van der Waals surface area contributed by atoms with E-state index in [1.165, 1.54) is 29.8 Å². The number of hydrogen-bond acceptors (Lipinski definition) is 2. The Morgan fingerprint density at radius 2 is 1.56 bits per heavy atom. The van der Waals surface area contributed by atoms with Gasteiger partial charge < -0.3 is 4.74 Å². The van der Waals surface area contributed by atoms with Crippen molar-refractivity contribution in [2.75, 3.05) is 0 Å². The predicted molar refractivity (Wildman–Crippen MR) is 132 cm³/mol. The van der Waals surface area contributed by atoms with Gasteiger partial charge in [0, 0.05) is 5.56 Å². The minimum absolute atomic E-state index is 0.270. The Morgan fingerprint density at radius 3 is 2.24 bits per heavy atom. The van der Waals surface area contributed by atoms with Crippen LogP contribution in [0, 0.1) is 11.6 Å². The van der Waals surface area contributed by atoms with E-state index in [0.29, 0.717) is 17.0 Å². The Bertz CT molecular complexity index is 1280. The molecule has 34 heavy (non-hydrogen) atoms. The standard InChI is InChI=1S/C30H24F2O2/c1-21(24-5-3-2-4-6-24)19-23-10-12-25(29(32)20-23)11-7-22-8-13-26(14-9-22)30(33)34-28-17-15-27(31)16-18-28/h2-18,20-21H,19H2,1H3/t21-/m1/s1. The zero-order valence-corrected chi connectivity index (χ0v) is 18.7. The average Bonchev–Trinajstić information content (AvgIpc) is 2.86. The fraction of sp³-hybridized carbons (Fsp3) is 0.100. The van der Waals surface area contributed by atoms with Crippen LogP contribution in [0.1, 0.15) is 45.5 Å². The van der Waals surface area contributed by atoms with Crippen molar-refractivity contribution in [1.82, 2.24) is 0 Å². The first-order valence-corrected chi connectivity index (χ1v) is 11.1. The molecule has 0 aliphatic heterocycles. The third-order valence-corrected chi connectivity index (χ3v) is 5.60. The average molecular weight is 455 g/mol. The third kappa shape index (κ3) is 6.04. The van der Waals surface area contributed by atoms with Gasteiger partial charge in [0.15, 0.2) is 0 Å². The van der Waals surface area contributed by atoms with Crippen molar-refractivity contribution in [2.45, 2.75) is 19.3 Å². The number of hydrogen-bond donors (Lipinski definition) is 0. The van der Waals surface area contributed by atoms with Crippen LogP contribution in [0.4, 0.5) is 8.78 Å². The maximum absolute atomic E-state index is 14.7. The van der Waals surface area contributed by atoms with Crippen molar-refractivity contribution < 1.29 is 18.3 Å². The Labute approximate surface area is 198 Å². The zero-order valence-electron chi connectivity index (χ0n) is 18.7.